The topological polar surface area (TPSA) is 148 Å². The number of nitrogens with two attached hydrogens (primary N) is 2. The molecule has 13 heavy (non-hydrogen) atoms. The van der Waals surface area contributed by atoms with Crippen LogP contribution in [-0.4, -0.2) is 35.7 Å². The van der Waals surface area contributed by atoms with Gasteiger partial charge in [0, 0.05) is 0 Å². The van der Waals surface area contributed by atoms with Crippen molar-refractivity contribution in [2.45, 2.75) is 6.04 Å². The van der Waals surface area contributed by atoms with Crippen LogP contribution in [0.1, 0.15) is 0 Å². The Balaban J connectivity index is 4.02. The van der Waals surface area contributed by atoms with E-state index in [9.17, 15) is 14.4 Å². The Hall–Kier alpha value is -1.99. The fraction of sp³-hybridized carbons (Fsp3) is 0.400. The van der Waals surface area contributed by atoms with Crippen LogP contribution in [0.5, 0.6) is 0 Å². The molecule has 0 saturated carbocycles. The maximum Gasteiger partial charge on any atom is 0.328 e. The van der Waals surface area contributed by atoms with Crippen molar-refractivity contribution in [2.75, 3.05) is 6.54 Å². The van der Waals surface area contributed by atoms with E-state index in [0.717, 1.165) is 0 Å². The Morgan fingerprint density at radius 1 is 1.23 bits per heavy atom. The largest absolute Gasteiger partial charge is 0.480 e. The van der Waals surface area contributed by atoms with E-state index in [2.05, 4.69) is 11.5 Å². The van der Waals surface area contributed by atoms with Crippen molar-refractivity contribution in [3.63, 3.8) is 0 Å². The Kier molecular flexibility index (Phi) is 4.07. The number of primary amides is 2. The Morgan fingerprint density at radius 2 is 1.77 bits per heavy atom. The number of hydrogen-bond acceptors (Lipinski definition) is 3. The molecule has 0 aromatic rings. The molecule has 0 rings (SSSR count). The van der Waals surface area contributed by atoms with Gasteiger partial charge in [-0.15, -0.1) is 0 Å². The van der Waals surface area contributed by atoms with Crippen LogP contribution in [0.2, 0.25) is 0 Å². The van der Waals surface area contributed by atoms with Gasteiger partial charge in [0.1, 0.15) is 6.04 Å². The van der Waals surface area contributed by atoms with Crippen LogP contribution in [0.4, 0.5) is 9.59 Å². The number of carboxylic acid groups (broad SMARTS) is 1. The first-order valence-electron chi connectivity index (χ1n) is 3.25. The second kappa shape index (κ2) is 4.80. The molecule has 4 amide bonds. The number of aliphatic carboxylic acids is 1. The lowest BCUT2D eigenvalue weighted by Crippen LogP contribution is -2.50. The molecule has 8 heteroatoms. The number of nitrogens with one attached hydrogen (secondary N) is 2. The number of rotatable bonds is 4. The molecule has 0 aliphatic rings. The summed E-state index contributed by atoms with van der Waals surface area (Å²) >= 11 is 0. The van der Waals surface area contributed by atoms with Crippen molar-refractivity contribution in [1.82, 2.24) is 10.6 Å². The molecular weight excluding hydrogens is 180 g/mol. The first kappa shape index (κ1) is 11.0. The van der Waals surface area contributed by atoms with E-state index < -0.39 is 24.1 Å². The monoisotopic (exact) mass is 190 g/mol. The highest BCUT2D eigenvalue weighted by Crippen LogP contribution is 1.81. The average molecular weight is 190 g/mol. The molecular formula is C5H10N4O4. The number of urea groups is 2. The lowest BCUT2D eigenvalue weighted by molar-refractivity contribution is -0.138. The minimum atomic E-state index is -1.31. The first-order valence-corrected chi connectivity index (χ1v) is 3.25. The van der Waals surface area contributed by atoms with Gasteiger partial charge in [-0.25, -0.2) is 14.4 Å². The van der Waals surface area contributed by atoms with Crippen LogP contribution in [0.3, 0.4) is 0 Å². The second-order valence-electron chi connectivity index (χ2n) is 2.14. The fourth-order valence-corrected chi connectivity index (χ4v) is 0.574. The van der Waals surface area contributed by atoms with E-state index in [-0.39, 0.29) is 6.54 Å². The van der Waals surface area contributed by atoms with Gasteiger partial charge in [-0.05, 0) is 0 Å². The van der Waals surface area contributed by atoms with Gasteiger partial charge in [0.05, 0.1) is 6.54 Å². The van der Waals surface area contributed by atoms with Gasteiger partial charge in [0.25, 0.3) is 0 Å². The maximum atomic E-state index is 10.4. The number of carboxylic acids is 1. The molecule has 0 heterocycles. The third-order valence-electron chi connectivity index (χ3n) is 1.10. The summed E-state index contributed by atoms with van der Waals surface area (Å²) in [6.45, 7) is -0.312. The molecule has 74 valence electrons. The average Bonchev–Trinajstić information content (AvgIpc) is 1.96. The minimum absolute atomic E-state index is 0.312. The summed E-state index contributed by atoms with van der Waals surface area (Å²) < 4.78 is 0. The predicted octanol–water partition coefficient (Wildman–Crippen LogP) is -2.22. The molecule has 1 unspecified atom stereocenters. The SMILES string of the molecule is NC(=O)NCC(NC(N)=O)C(=O)O. The van der Waals surface area contributed by atoms with E-state index in [1.807, 2.05) is 10.6 Å². The van der Waals surface area contributed by atoms with Crippen LogP contribution in [0.15, 0.2) is 0 Å². The molecule has 7 N–H and O–H groups in total. The number of carbonyl (C=O) groups is 3. The van der Waals surface area contributed by atoms with Crippen molar-refractivity contribution < 1.29 is 19.5 Å². The summed E-state index contributed by atoms with van der Waals surface area (Å²) in [6, 6.07) is -3.14. The van der Waals surface area contributed by atoms with Crippen molar-refractivity contribution in [2.24, 2.45) is 11.5 Å². The molecule has 8 nitrogen and oxygen atoms in total. The minimum Gasteiger partial charge on any atom is -0.480 e. The van der Waals surface area contributed by atoms with Crippen molar-refractivity contribution in [1.29, 1.82) is 0 Å². The van der Waals surface area contributed by atoms with E-state index in [0.29, 0.717) is 0 Å². The first-order chi connectivity index (χ1) is 5.93. The molecule has 0 saturated heterocycles. The van der Waals surface area contributed by atoms with Crippen molar-refractivity contribution in [3.05, 3.63) is 0 Å². The third kappa shape index (κ3) is 5.30. The zero-order valence-corrected chi connectivity index (χ0v) is 6.61. The van der Waals surface area contributed by atoms with E-state index >= 15 is 0 Å². The third-order valence-corrected chi connectivity index (χ3v) is 1.10. The molecule has 0 fully saturated rings. The second-order valence-corrected chi connectivity index (χ2v) is 2.14. The Labute approximate surface area is 73.3 Å². The smallest absolute Gasteiger partial charge is 0.328 e. The zero-order chi connectivity index (χ0) is 10.4. The van der Waals surface area contributed by atoms with Crippen LogP contribution in [0.25, 0.3) is 0 Å². The highest BCUT2D eigenvalue weighted by atomic mass is 16.4. The van der Waals surface area contributed by atoms with E-state index in [1.165, 1.54) is 0 Å². The molecule has 0 aliphatic heterocycles. The molecule has 0 bridgehead atoms. The van der Waals surface area contributed by atoms with E-state index in [1.54, 1.807) is 0 Å². The lowest BCUT2D eigenvalue weighted by atomic mass is 10.3. The van der Waals surface area contributed by atoms with Gasteiger partial charge >= 0.3 is 18.0 Å². The standard InChI is InChI=1S/C5H10N4O4/c6-4(12)8-1-2(3(10)11)9-5(7)13/h2H,1H2,(H,10,11)(H3,6,8,12)(H3,7,9,13). The summed E-state index contributed by atoms with van der Waals surface area (Å²) in [6.07, 6.45) is 0. The Morgan fingerprint density at radius 3 is 2.08 bits per heavy atom. The van der Waals surface area contributed by atoms with Gasteiger partial charge in [-0.2, -0.15) is 0 Å². The number of carbonyl (C=O) groups excluding carboxylic acids is 2. The summed E-state index contributed by atoms with van der Waals surface area (Å²) in [5, 5.41) is 12.4. The van der Waals surface area contributed by atoms with Crippen molar-refractivity contribution >= 4 is 18.0 Å². The van der Waals surface area contributed by atoms with Crippen LogP contribution in [-0.2, 0) is 4.79 Å². The van der Waals surface area contributed by atoms with Crippen LogP contribution in [0, 0.1) is 0 Å². The maximum absolute atomic E-state index is 10.4. The fourth-order valence-electron chi connectivity index (χ4n) is 0.574. The molecule has 1 atom stereocenters. The van der Waals surface area contributed by atoms with E-state index in [4.69, 9.17) is 5.11 Å². The molecule has 0 radical (unpaired) electrons. The normalized spacial score (nSPS) is 11.4. The van der Waals surface area contributed by atoms with Gasteiger partial charge in [-0.3, -0.25) is 0 Å². The van der Waals surface area contributed by atoms with Crippen LogP contribution < -0.4 is 22.1 Å². The number of hydrogen-bond donors (Lipinski definition) is 5. The van der Waals surface area contributed by atoms with Gasteiger partial charge in [0.15, 0.2) is 0 Å². The van der Waals surface area contributed by atoms with Gasteiger partial charge in [-0.1, -0.05) is 0 Å². The quantitative estimate of drug-likeness (QED) is 0.341. The van der Waals surface area contributed by atoms with Gasteiger partial charge in [0.2, 0.25) is 0 Å². The highest BCUT2D eigenvalue weighted by molar-refractivity contribution is 5.82. The van der Waals surface area contributed by atoms with Crippen molar-refractivity contribution in [3.8, 4) is 0 Å². The summed E-state index contributed by atoms with van der Waals surface area (Å²) in [5.74, 6) is -1.31. The molecule has 0 aromatic carbocycles. The molecule has 0 spiro atoms. The zero-order valence-electron chi connectivity index (χ0n) is 6.61. The molecule has 0 aliphatic carbocycles. The van der Waals surface area contributed by atoms with Gasteiger partial charge < -0.3 is 27.2 Å². The summed E-state index contributed by atoms with van der Waals surface area (Å²) in [5.41, 5.74) is 9.36. The van der Waals surface area contributed by atoms with Crippen LogP contribution >= 0.6 is 0 Å². The summed E-state index contributed by atoms with van der Waals surface area (Å²) in [7, 11) is 0. The number of amides is 4. The summed E-state index contributed by atoms with van der Waals surface area (Å²) in [4.78, 5) is 30.8. The highest BCUT2D eigenvalue weighted by Gasteiger charge is 2.18. The predicted molar refractivity (Wildman–Crippen MR) is 41.7 cm³/mol. The lowest BCUT2D eigenvalue weighted by Gasteiger charge is -2.12. The Bertz CT molecular complexity index is 229. The molecule has 0 aromatic heterocycles.